The molecule has 0 aromatic heterocycles. The minimum Gasteiger partial charge on any atom is -0.505 e. The Hall–Kier alpha value is -10.1. The van der Waals surface area contributed by atoms with Crippen LogP contribution in [0, 0.1) is 0 Å². The number of rotatable bonds is 42. The summed E-state index contributed by atoms with van der Waals surface area (Å²) in [7, 11) is 0. The van der Waals surface area contributed by atoms with Crippen molar-refractivity contribution in [2.75, 3.05) is 39.6 Å². The number of aliphatic hydroxyl groups excluding tert-OH is 9. The second kappa shape index (κ2) is 75.3. The molecule has 0 saturated heterocycles. The van der Waals surface area contributed by atoms with Gasteiger partial charge in [0.15, 0.2) is 24.0 Å². The summed E-state index contributed by atoms with van der Waals surface area (Å²) < 4.78 is 30.2. The number of aliphatic hydroxyl groups is 9. The Balaban J connectivity index is -0.000000451. The summed E-state index contributed by atoms with van der Waals surface area (Å²) in [5.41, 5.74) is 1.67. The van der Waals surface area contributed by atoms with Crippen molar-refractivity contribution in [1.29, 1.82) is 0 Å². The number of carbonyl (C=O) groups is 10. The van der Waals surface area contributed by atoms with E-state index in [9.17, 15) is 63.3 Å². The minimum atomic E-state index is -1.47. The summed E-state index contributed by atoms with van der Waals surface area (Å²) in [6.45, 7) is 25.2. The van der Waals surface area contributed by atoms with Crippen molar-refractivity contribution in [3.63, 3.8) is 0 Å². The summed E-state index contributed by atoms with van der Waals surface area (Å²) in [5.74, 6) is -5.76. The van der Waals surface area contributed by atoms with E-state index >= 15 is 0 Å². The molecular formula is C84H130N4O27. The molecule has 31 heteroatoms. The molecule has 4 rings (SSSR count). The number of nitrogens with one attached hydrogen (secondary N) is 4. The number of amides is 4. The van der Waals surface area contributed by atoms with E-state index in [4.69, 9.17) is 63.9 Å². The number of allylic oxidation sites excluding steroid dienone is 8. The molecule has 0 fully saturated rings. The third-order valence-corrected chi connectivity index (χ3v) is 14.3. The van der Waals surface area contributed by atoms with Gasteiger partial charge in [-0.05, 0) is 137 Å². The molecule has 0 bridgehead atoms. The number of carbonyl (C=O) groups excluding carboxylic acids is 12. The van der Waals surface area contributed by atoms with E-state index in [2.05, 4.69) is 51.2 Å². The van der Waals surface area contributed by atoms with Gasteiger partial charge in [-0.3, -0.25) is 38.4 Å². The van der Waals surface area contributed by atoms with Crippen LogP contribution in [0.5, 0.6) is 17.2 Å². The Labute approximate surface area is 677 Å². The van der Waals surface area contributed by atoms with Crippen molar-refractivity contribution in [3.05, 3.63) is 150 Å². The summed E-state index contributed by atoms with van der Waals surface area (Å²) in [5, 5.41) is 92.2. The van der Waals surface area contributed by atoms with Gasteiger partial charge in [-0.15, -0.1) is 0 Å². The first kappa shape index (κ1) is 113. The molecule has 3 aromatic rings. The number of ether oxygens (including phenoxy) is 6. The Kier molecular flexibility index (Phi) is 74.3. The molecule has 3 aromatic carbocycles. The van der Waals surface area contributed by atoms with E-state index < -0.39 is 135 Å². The first-order valence-corrected chi connectivity index (χ1v) is 38.9. The molecule has 0 spiro atoms. The van der Waals surface area contributed by atoms with Gasteiger partial charge in [0.1, 0.15) is 35.5 Å². The van der Waals surface area contributed by atoms with E-state index in [1.165, 1.54) is 38.1 Å². The highest BCUT2D eigenvalue weighted by molar-refractivity contribution is 5.92. The fourth-order valence-corrected chi connectivity index (χ4v) is 8.76. The first-order valence-electron chi connectivity index (χ1n) is 38.9. The van der Waals surface area contributed by atoms with Crippen LogP contribution in [-0.2, 0) is 71.7 Å². The number of cyclic esters (lactones) is 1. The van der Waals surface area contributed by atoms with Crippen LogP contribution in [0.3, 0.4) is 0 Å². The number of esters is 6. The molecule has 4 amide bonds. The summed E-state index contributed by atoms with van der Waals surface area (Å²) in [6.07, 6.45) is 21.9. The molecule has 648 valence electrons. The molecule has 0 aliphatic carbocycles. The van der Waals surface area contributed by atoms with E-state index in [0.717, 1.165) is 56.9 Å². The van der Waals surface area contributed by atoms with Crippen LogP contribution in [0.2, 0.25) is 0 Å². The average Bonchev–Trinajstić information content (AvgIpc) is 1.70. The van der Waals surface area contributed by atoms with E-state index in [1.54, 1.807) is 55.5 Å². The average molecular weight is 1630 g/mol. The van der Waals surface area contributed by atoms with Crippen molar-refractivity contribution in [2.24, 2.45) is 0 Å². The van der Waals surface area contributed by atoms with Crippen LogP contribution in [0.4, 0.5) is 0 Å². The maximum Gasteiger partial charge on any atom is 0.378 e. The van der Waals surface area contributed by atoms with E-state index in [1.807, 2.05) is 107 Å². The minimum absolute atomic E-state index is 0.0886. The van der Waals surface area contributed by atoms with Gasteiger partial charge < -0.3 is 95.6 Å². The quantitative estimate of drug-likeness (QED) is 0.00824. The Morgan fingerprint density at radius 1 is 0.452 bits per heavy atom. The van der Waals surface area contributed by atoms with Crippen molar-refractivity contribution in [2.45, 2.75) is 255 Å². The van der Waals surface area contributed by atoms with Crippen molar-refractivity contribution >= 4 is 65.6 Å². The molecule has 1 heterocycles. The molecule has 0 saturated carbocycles. The standard InChI is InChI=1S/C21H30N2O6.C21H29NO7.C19H27NO5.C14H20O7.4C2H6.CO2/c1-3-4-5-6-7-8-19(27)29-18-11-9-16(10-12-18)20(22-15(2)26)21(28)23-17(13-24)14-25;1-3-4-5-6-7-8-19(26)28-17-11-9-16(10-12-17)20(22-15(2)25)21(27)29-18(13-23)14-24;1-3-4-5-6-7-8-18(23)25-16-11-9-15(10-12-16)14(2)20-19(24)17(22)13-21;1-2-3-4-5-6-7-10(17)20-13-11(18)12(9(16)8-15)21-14(13)19;4*1-2;2-1-3/h4-5,9-12,17,20,24-25H,3,6-8,13-14H2,1-2H3,(H,22,26)(H,23,28);4-5,9-12,18,20,23-24H,3,6-8,13-14H2,1-2H3,(H,22,25);4-5,9-12,14,17,21-22H,3,6-8,13H2,1-2H3,(H,20,24);3-4,9,12,15-16,18H,2,5-8H2,1H3;4*1-2H3;/b3*5-4-;4-3-;;;;;/t;;;9-,12+;;;;;/m...1...../s1. The van der Waals surface area contributed by atoms with Crippen LogP contribution in [-0.4, -0.2) is 182 Å². The van der Waals surface area contributed by atoms with Gasteiger partial charge in [0.2, 0.25) is 17.7 Å². The van der Waals surface area contributed by atoms with Gasteiger partial charge >= 0.3 is 42.0 Å². The number of benzene rings is 3. The van der Waals surface area contributed by atoms with Crippen molar-refractivity contribution < 1.29 is 132 Å². The lowest BCUT2D eigenvalue weighted by molar-refractivity contribution is -0.192. The van der Waals surface area contributed by atoms with Crippen LogP contribution in [0.15, 0.2) is 133 Å². The third kappa shape index (κ3) is 55.1. The fraction of sp³-hybridized carbons (Fsp3) is 0.536. The Morgan fingerprint density at radius 3 is 1.10 bits per heavy atom. The molecule has 115 heavy (non-hydrogen) atoms. The largest absolute Gasteiger partial charge is 0.505 e. The van der Waals surface area contributed by atoms with Crippen molar-refractivity contribution in [1.82, 2.24) is 21.3 Å². The Bertz CT molecular complexity index is 3200. The second-order valence-corrected chi connectivity index (χ2v) is 23.3. The third-order valence-electron chi connectivity index (χ3n) is 14.3. The zero-order chi connectivity index (χ0) is 88.5. The maximum atomic E-state index is 12.4. The predicted molar refractivity (Wildman–Crippen MR) is 431 cm³/mol. The normalized spacial score (nSPS) is 12.9. The van der Waals surface area contributed by atoms with Crippen LogP contribution in [0.25, 0.3) is 0 Å². The first-order chi connectivity index (χ1) is 55.2. The van der Waals surface area contributed by atoms with Gasteiger partial charge in [-0.1, -0.05) is 168 Å². The molecule has 1 aliphatic heterocycles. The van der Waals surface area contributed by atoms with Crippen molar-refractivity contribution in [3.8, 4) is 17.2 Å². The zero-order valence-electron chi connectivity index (χ0n) is 69.6. The smallest absolute Gasteiger partial charge is 0.378 e. The Morgan fingerprint density at radius 2 is 0.783 bits per heavy atom. The van der Waals surface area contributed by atoms with Gasteiger partial charge in [0.25, 0.3) is 11.7 Å². The highest BCUT2D eigenvalue weighted by Gasteiger charge is 2.41. The number of hydrogen-bond donors (Lipinski definition) is 13. The molecule has 6 atom stereocenters. The fourth-order valence-electron chi connectivity index (χ4n) is 8.76. The number of unbranched alkanes of at least 4 members (excludes halogenated alkanes) is 4. The lowest BCUT2D eigenvalue weighted by Gasteiger charge is -2.21. The van der Waals surface area contributed by atoms with E-state index in [-0.39, 0.29) is 36.5 Å². The van der Waals surface area contributed by atoms with Gasteiger partial charge in [-0.2, -0.15) is 9.59 Å². The lowest BCUT2D eigenvalue weighted by Crippen LogP contribution is -2.46. The van der Waals surface area contributed by atoms with Gasteiger partial charge in [0, 0.05) is 39.5 Å². The maximum absolute atomic E-state index is 12.4. The predicted octanol–water partition coefficient (Wildman–Crippen LogP) is 9.67. The van der Waals surface area contributed by atoms with Crippen LogP contribution < -0.4 is 35.5 Å². The van der Waals surface area contributed by atoms with Gasteiger partial charge in [0.05, 0.1) is 51.7 Å². The molecule has 31 nitrogen and oxygen atoms in total. The molecule has 13 N–H and O–H groups in total. The second-order valence-electron chi connectivity index (χ2n) is 23.3. The SMILES string of the molecule is CC.CC.CC.CC.CC/C=C\CCCC(=O)OC1=C(O)[C@H]([C@H](O)CO)OC1=O.CC/C=C\CCCC(=O)Oc1ccc(C(C)NC(=O)C(O)CO)cc1.CC/C=C\CCCC(=O)Oc1ccc(C(NC(C)=O)C(=O)NC(CO)CO)cc1.CC/C=C\CCCC(=O)Oc1ccc(C(NC(C)=O)C(=O)OC(CO)CO)cc1.O=C=O. The summed E-state index contributed by atoms with van der Waals surface area (Å²) in [6, 6.07) is 15.8. The lowest BCUT2D eigenvalue weighted by atomic mass is 10.1. The van der Waals surface area contributed by atoms with Gasteiger partial charge in [-0.25, -0.2) is 9.59 Å². The monoisotopic (exact) mass is 1630 g/mol. The van der Waals surface area contributed by atoms with E-state index in [0.29, 0.717) is 73.3 Å². The van der Waals surface area contributed by atoms with Crippen LogP contribution in [0.1, 0.15) is 241 Å². The molecular weight excluding hydrogens is 1500 g/mol. The summed E-state index contributed by atoms with van der Waals surface area (Å²) >= 11 is 0. The zero-order valence-corrected chi connectivity index (χ0v) is 69.6. The number of hydrogen-bond acceptors (Lipinski definition) is 27. The molecule has 4 unspecified atom stereocenters. The van der Waals surface area contributed by atoms with Crippen LogP contribution >= 0.6 is 0 Å². The topological polar surface area (TPSA) is 490 Å². The highest BCUT2D eigenvalue weighted by atomic mass is 16.6. The molecule has 1 aliphatic rings. The summed E-state index contributed by atoms with van der Waals surface area (Å²) in [4.78, 5) is 134. The highest BCUT2D eigenvalue weighted by Crippen LogP contribution is 2.26. The molecule has 0 radical (unpaired) electrons.